The van der Waals surface area contributed by atoms with Crippen LogP contribution in [0.25, 0.3) is 0 Å². The fourth-order valence-electron chi connectivity index (χ4n) is 4.85. The first kappa shape index (κ1) is 19.3. The summed E-state index contributed by atoms with van der Waals surface area (Å²) in [6.07, 6.45) is 4.84. The van der Waals surface area contributed by atoms with Crippen molar-refractivity contribution in [3.63, 3.8) is 0 Å². The summed E-state index contributed by atoms with van der Waals surface area (Å²) in [5.74, 6) is 2.31. The van der Waals surface area contributed by atoms with E-state index in [0.717, 1.165) is 69.0 Å². The summed E-state index contributed by atoms with van der Waals surface area (Å²) < 4.78 is 5.29. The van der Waals surface area contributed by atoms with Crippen molar-refractivity contribution >= 4 is 5.91 Å². The van der Waals surface area contributed by atoms with Crippen LogP contribution in [0.5, 0.6) is 11.5 Å². The van der Waals surface area contributed by atoms with Gasteiger partial charge < -0.3 is 19.4 Å². The maximum absolute atomic E-state index is 12.7. The number of methoxy groups -OCH3 is 1. The number of hydrogen-bond acceptors (Lipinski definition) is 6. The van der Waals surface area contributed by atoms with E-state index in [4.69, 9.17) is 9.57 Å². The van der Waals surface area contributed by atoms with E-state index in [1.807, 2.05) is 29.2 Å². The lowest BCUT2D eigenvalue weighted by atomic mass is 9.86. The third-order valence-electron chi connectivity index (χ3n) is 6.67. The van der Waals surface area contributed by atoms with Crippen molar-refractivity contribution in [1.82, 2.24) is 20.3 Å². The van der Waals surface area contributed by atoms with Crippen LogP contribution < -0.4 is 15.1 Å². The lowest BCUT2D eigenvalue weighted by Crippen LogP contribution is -2.45. The maximum Gasteiger partial charge on any atom is 0.272 e. The molecule has 5 rings (SSSR count). The summed E-state index contributed by atoms with van der Waals surface area (Å²) in [5, 5.41) is 0. The smallest absolute Gasteiger partial charge is 0.272 e. The fraction of sp³-hybridized carbons (Fsp3) is 0.478. The molecule has 2 aromatic rings. The van der Waals surface area contributed by atoms with Gasteiger partial charge in [0.05, 0.1) is 13.2 Å². The first-order chi connectivity index (χ1) is 14.7. The van der Waals surface area contributed by atoms with Gasteiger partial charge in [-0.2, -0.15) is 0 Å². The Bertz CT molecular complexity index is 926. The zero-order chi connectivity index (χ0) is 20.5. The van der Waals surface area contributed by atoms with E-state index >= 15 is 0 Å². The van der Waals surface area contributed by atoms with Gasteiger partial charge in [0.1, 0.15) is 11.4 Å². The first-order valence-corrected chi connectivity index (χ1v) is 10.8. The van der Waals surface area contributed by atoms with E-state index < -0.39 is 0 Å². The molecule has 1 saturated heterocycles. The van der Waals surface area contributed by atoms with Crippen LogP contribution in [0.1, 0.15) is 40.5 Å². The lowest BCUT2D eigenvalue weighted by Gasteiger charge is -2.36. The molecule has 3 aliphatic rings. The molecule has 1 amide bonds. The number of pyridine rings is 1. The summed E-state index contributed by atoms with van der Waals surface area (Å²) in [4.78, 5) is 27.1. The largest absolute Gasteiger partial charge is 0.497 e. The number of benzene rings is 1. The Labute approximate surface area is 176 Å². The van der Waals surface area contributed by atoms with E-state index in [1.165, 1.54) is 5.56 Å². The molecule has 0 bridgehead atoms. The van der Waals surface area contributed by atoms with Gasteiger partial charge in [-0.15, -0.1) is 5.48 Å². The van der Waals surface area contributed by atoms with Gasteiger partial charge in [-0.25, -0.2) is 0 Å². The minimum absolute atomic E-state index is 0.0751. The van der Waals surface area contributed by atoms with Gasteiger partial charge in [0.2, 0.25) is 0 Å². The van der Waals surface area contributed by atoms with Gasteiger partial charge in [-0.05, 0) is 62.0 Å². The molecule has 3 aliphatic heterocycles. The van der Waals surface area contributed by atoms with Gasteiger partial charge >= 0.3 is 0 Å². The number of hydrogen-bond donors (Lipinski definition) is 1. The Hall–Kier alpha value is -2.64. The normalized spacial score (nSPS) is 21.8. The third kappa shape index (κ3) is 3.63. The Morgan fingerprint density at radius 1 is 1.20 bits per heavy atom. The predicted molar refractivity (Wildman–Crippen MR) is 113 cm³/mol. The van der Waals surface area contributed by atoms with Crippen LogP contribution >= 0.6 is 0 Å². The molecular weight excluding hydrogens is 380 g/mol. The van der Waals surface area contributed by atoms with Crippen LogP contribution in [0, 0.1) is 5.92 Å². The number of aromatic nitrogens is 1. The average molecular weight is 409 g/mol. The van der Waals surface area contributed by atoms with E-state index in [9.17, 15) is 4.79 Å². The molecule has 1 N–H and O–H groups in total. The number of amides is 1. The monoisotopic (exact) mass is 408 g/mol. The molecule has 1 unspecified atom stereocenters. The highest BCUT2D eigenvalue weighted by Crippen LogP contribution is 2.40. The summed E-state index contributed by atoms with van der Waals surface area (Å²) in [6.45, 7) is 4.57. The summed E-state index contributed by atoms with van der Waals surface area (Å²) in [7, 11) is 1.67. The van der Waals surface area contributed by atoms with Crippen molar-refractivity contribution < 1.29 is 14.4 Å². The summed E-state index contributed by atoms with van der Waals surface area (Å²) >= 11 is 0. The highest BCUT2D eigenvalue weighted by Gasteiger charge is 2.34. The number of rotatable bonds is 5. The van der Waals surface area contributed by atoms with Gasteiger partial charge in [-0.1, -0.05) is 6.07 Å². The molecule has 7 nitrogen and oxygen atoms in total. The van der Waals surface area contributed by atoms with Crippen molar-refractivity contribution in [2.45, 2.75) is 25.3 Å². The van der Waals surface area contributed by atoms with Gasteiger partial charge in [0, 0.05) is 37.5 Å². The Balaban J connectivity index is 1.13. The molecule has 0 radical (unpaired) electrons. The SMILES string of the molecule is COc1ccc2c(c1)ONC2C1CCN(CCN2CCc3cccnc3C2=O)CC1. The first-order valence-electron chi connectivity index (χ1n) is 10.8. The third-order valence-corrected chi connectivity index (χ3v) is 6.67. The molecule has 1 fully saturated rings. The zero-order valence-corrected chi connectivity index (χ0v) is 17.3. The van der Waals surface area contributed by atoms with Crippen molar-refractivity contribution in [3.8, 4) is 11.5 Å². The average Bonchev–Trinajstić information content (AvgIpc) is 3.22. The number of ether oxygens (including phenoxy) is 1. The number of fused-ring (bicyclic) bond motifs is 2. The van der Waals surface area contributed by atoms with Crippen LogP contribution in [0.3, 0.4) is 0 Å². The van der Waals surface area contributed by atoms with Crippen LogP contribution in [0.4, 0.5) is 0 Å². The topological polar surface area (TPSA) is 66.9 Å². The molecule has 1 atom stereocenters. The number of carbonyl (C=O) groups is 1. The second-order valence-corrected chi connectivity index (χ2v) is 8.33. The van der Waals surface area contributed by atoms with E-state index in [-0.39, 0.29) is 11.9 Å². The van der Waals surface area contributed by atoms with Crippen molar-refractivity contribution in [1.29, 1.82) is 0 Å². The molecule has 1 aromatic carbocycles. The quantitative estimate of drug-likeness (QED) is 0.820. The Morgan fingerprint density at radius 2 is 2.07 bits per heavy atom. The maximum atomic E-state index is 12.7. The number of likely N-dealkylation sites (tertiary alicyclic amines) is 1. The molecule has 0 spiro atoms. The molecule has 0 saturated carbocycles. The molecule has 158 valence electrons. The van der Waals surface area contributed by atoms with Gasteiger partial charge in [-0.3, -0.25) is 9.78 Å². The fourth-order valence-corrected chi connectivity index (χ4v) is 4.85. The number of carbonyl (C=O) groups excluding carboxylic acids is 1. The standard InChI is InChI=1S/C23H28N4O3/c1-29-18-4-5-19-20(15-18)30-25-21(19)17-6-10-26(11-7-17)13-14-27-12-8-16-3-2-9-24-22(16)23(27)28/h2-5,9,15,17,21,25H,6-8,10-14H2,1H3. The highest BCUT2D eigenvalue weighted by atomic mass is 16.7. The molecule has 4 heterocycles. The Kier molecular flexibility index (Phi) is 5.31. The van der Waals surface area contributed by atoms with Crippen molar-refractivity contribution in [3.05, 3.63) is 53.3 Å². The minimum atomic E-state index is 0.0751. The van der Waals surface area contributed by atoms with Crippen molar-refractivity contribution in [2.24, 2.45) is 5.92 Å². The zero-order valence-electron chi connectivity index (χ0n) is 17.3. The second-order valence-electron chi connectivity index (χ2n) is 8.33. The summed E-state index contributed by atoms with van der Waals surface area (Å²) in [5.41, 5.74) is 6.15. The molecule has 30 heavy (non-hydrogen) atoms. The predicted octanol–water partition coefficient (Wildman–Crippen LogP) is 2.44. The minimum Gasteiger partial charge on any atom is -0.497 e. The molecule has 7 heteroatoms. The van der Waals surface area contributed by atoms with Crippen LogP contribution in [0.2, 0.25) is 0 Å². The number of piperidine rings is 1. The lowest BCUT2D eigenvalue weighted by molar-refractivity contribution is 0.0682. The molecule has 0 aliphatic carbocycles. The number of nitrogens with one attached hydrogen (secondary N) is 1. The highest BCUT2D eigenvalue weighted by molar-refractivity contribution is 5.94. The van der Waals surface area contributed by atoms with Crippen LogP contribution in [-0.2, 0) is 6.42 Å². The number of nitrogens with zero attached hydrogens (tertiary/aromatic N) is 3. The number of hydroxylamine groups is 1. The Morgan fingerprint density at radius 3 is 2.90 bits per heavy atom. The van der Waals surface area contributed by atoms with E-state index in [0.29, 0.717) is 11.6 Å². The second kappa shape index (κ2) is 8.24. The van der Waals surface area contributed by atoms with Gasteiger partial charge in [0.15, 0.2) is 5.75 Å². The molecular formula is C23H28N4O3. The van der Waals surface area contributed by atoms with Gasteiger partial charge in [0.25, 0.3) is 5.91 Å². The molecule has 1 aromatic heterocycles. The van der Waals surface area contributed by atoms with Crippen LogP contribution in [0.15, 0.2) is 36.5 Å². The van der Waals surface area contributed by atoms with Crippen molar-refractivity contribution in [2.75, 3.05) is 39.8 Å². The van der Waals surface area contributed by atoms with E-state index in [2.05, 4.69) is 21.4 Å². The van der Waals surface area contributed by atoms with Crippen LogP contribution in [-0.4, -0.2) is 60.5 Å². The summed E-state index contributed by atoms with van der Waals surface area (Å²) in [6, 6.07) is 10.2. The van der Waals surface area contributed by atoms with E-state index in [1.54, 1.807) is 13.3 Å².